The summed E-state index contributed by atoms with van der Waals surface area (Å²) >= 11 is 1.53. The summed E-state index contributed by atoms with van der Waals surface area (Å²) < 4.78 is 10.6. The van der Waals surface area contributed by atoms with E-state index in [0.29, 0.717) is 19.6 Å². The lowest BCUT2D eigenvalue weighted by Crippen LogP contribution is -2.32. The van der Waals surface area contributed by atoms with Gasteiger partial charge in [-0.1, -0.05) is 61.5 Å². The van der Waals surface area contributed by atoms with Gasteiger partial charge in [0.25, 0.3) is 0 Å². The van der Waals surface area contributed by atoms with Crippen LogP contribution in [0.15, 0.2) is 89.8 Å². The zero-order valence-corrected chi connectivity index (χ0v) is 20.7. The van der Waals surface area contributed by atoms with Crippen LogP contribution in [-0.4, -0.2) is 23.9 Å². The van der Waals surface area contributed by atoms with Crippen LogP contribution >= 0.6 is 11.8 Å². The quantitative estimate of drug-likeness (QED) is 0.230. The number of allylic oxidation sites excluding steroid dienone is 1. The van der Waals surface area contributed by atoms with Crippen LogP contribution in [0.4, 0.5) is 0 Å². The Labute approximate surface area is 201 Å². The van der Waals surface area contributed by atoms with E-state index in [4.69, 9.17) is 9.47 Å². The van der Waals surface area contributed by atoms with Crippen LogP contribution in [0.1, 0.15) is 39.7 Å². The van der Waals surface area contributed by atoms with Crippen LogP contribution in [0, 0.1) is 0 Å². The van der Waals surface area contributed by atoms with Crippen molar-refractivity contribution in [1.82, 2.24) is 0 Å². The van der Waals surface area contributed by atoms with E-state index in [1.807, 2.05) is 51.1 Å². The molecule has 0 aliphatic heterocycles. The highest BCUT2D eigenvalue weighted by atomic mass is 32.2. The summed E-state index contributed by atoms with van der Waals surface area (Å²) in [5.41, 5.74) is 4.79. The Hall–Kier alpha value is -2.98. The Bertz CT molecular complexity index is 1060. The highest BCUT2D eigenvalue weighted by Crippen LogP contribution is 2.37. The maximum Gasteiger partial charge on any atom is 0.322 e. The number of esters is 1. The van der Waals surface area contributed by atoms with Crippen LogP contribution in [0.5, 0.6) is 5.75 Å². The molecule has 0 saturated carbocycles. The molecule has 0 aromatic heterocycles. The van der Waals surface area contributed by atoms with Crippen molar-refractivity contribution in [3.63, 3.8) is 0 Å². The molecule has 0 radical (unpaired) electrons. The third-order valence-electron chi connectivity index (χ3n) is 5.64. The van der Waals surface area contributed by atoms with Gasteiger partial charge in [0.15, 0.2) is 0 Å². The molecule has 0 N–H and O–H groups in total. The van der Waals surface area contributed by atoms with E-state index in [2.05, 4.69) is 61.5 Å². The smallest absolute Gasteiger partial charge is 0.322 e. The molecule has 33 heavy (non-hydrogen) atoms. The minimum absolute atomic E-state index is 0.171. The van der Waals surface area contributed by atoms with Gasteiger partial charge in [0.05, 0.1) is 6.61 Å². The van der Waals surface area contributed by atoms with Gasteiger partial charge in [-0.3, -0.25) is 4.79 Å². The number of ether oxygens (including phenoxy) is 2. The molecule has 172 valence electrons. The third kappa shape index (κ3) is 6.75. The molecule has 0 spiro atoms. The minimum Gasteiger partial charge on any atom is -0.490 e. The molecule has 3 aromatic carbocycles. The van der Waals surface area contributed by atoms with Gasteiger partial charge in [-0.05, 0) is 79.8 Å². The van der Waals surface area contributed by atoms with Crippen LogP contribution in [-0.2, 0) is 9.53 Å². The lowest BCUT2D eigenvalue weighted by atomic mass is 10.0. The molecule has 0 bridgehead atoms. The van der Waals surface area contributed by atoms with Gasteiger partial charge >= 0.3 is 5.97 Å². The van der Waals surface area contributed by atoms with Crippen LogP contribution < -0.4 is 4.74 Å². The van der Waals surface area contributed by atoms with Gasteiger partial charge in [0.2, 0.25) is 0 Å². The lowest BCUT2D eigenvalue weighted by Gasteiger charge is -2.25. The summed E-state index contributed by atoms with van der Waals surface area (Å²) in [6.07, 6.45) is 2.79. The second kappa shape index (κ2) is 11.8. The van der Waals surface area contributed by atoms with Gasteiger partial charge in [-0.25, -0.2) is 0 Å². The maximum atomic E-state index is 12.3. The summed E-state index contributed by atoms with van der Waals surface area (Å²) in [6.45, 7) is 8.76. The van der Waals surface area contributed by atoms with Gasteiger partial charge in [-0.15, -0.1) is 11.8 Å². The number of benzene rings is 3. The maximum absolute atomic E-state index is 12.3. The molecule has 4 heteroatoms. The SMILES string of the molecule is CCOC(=O)[C@@](C)(CC)Sc1ccc(OC/C=C(\C)c2ccc(-c3ccccc3)cc2)cc1. The average Bonchev–Trinajstić information content (AvgIpc) is 2.85. The van der Waals surface area contributed by atoms with E-state index in [1.54, 1.807) is 0 Å². The van der Waals surface area contributed by atoms with Gasteiger partial charge in [-0.2, -0.15) is 0 Å². The second-order valence-corrected chi connectivity index (χ2v) is 9.60. The number of hydrogen-bond acceptors (Lipinski definition) is 4. The molecule has 0 fully saturated rings. The summed E-state index contributed by atoms with van der Waals surface area (Å²) in [7, 11) is 0. The summed E-state index contributed by atoms with van der Waals surface area (Å²) in [6, 6.07) is 26.9. The van der Waals surface area contributed by atoms with Crippen molar-refractivity contribution in [2.24, 2.45) is 0 Å². The first kappa shape index (κ1) is 24.7. The standard InChI is InChI=1S/C29H32O3S/c1-5-29(4,28(30)31-6-2)33-27-18-16-26(17-19-27)32-21-20-22(3)23-12-14-25(15-13-23)24-10-8-7-9-11-24/h7-20H,5-6,21H2,1-4H3/b22-20+/t29-/m1/s1. The first-order chi connectivity index (χ1) is 15.9. The molecule has 3 rings (SSSR count). The number of thioether (sulfide) groups is 1. The number of carbonyl (C=O) groups excluding carboxylic acids is 1. The molecule has 0 amide bonds. The second-order valence-electron chi connectivity index (χ2n) is 8.02. The van der Waals surface area contributed by atoms with Crippen LogP contribution in [0.2, 0.25) is 0 Å². The summed E-state index contributed by atoms with van der Waals surface area (Å²) in [5.74, 6) is 0.632. The van der Waals surface area contributed by atoms with Crippen LogP contribution in [0.3, 0.4) is 0 Å². The first-order valence-corrected chi connectivity index (χ1v) is 12.2. The Morgan fingerprint density at radius 2 is 1.55 bits per heavy atom. The van der Waals surface area contributed by atoms with E-state index in [9.17, 15) is 4.79 Å². The van der Waals surface area contributed by atoms with Gasteiger partial charge in [0.1, 0.15) is 17.1 Å². The number of hydrogen-bond donors (Lipinski definition) is 0. The molecule has 0 saturated heterocycles. The topological polar surface area (TPSA) is 35.5 Å². The molecular weight excluding hydrogens is 428 g/mol. The minimum atomic E-state index is -0.589. The van der Waals surface area contributed by atoms with Crippen molar-refractivity contribution in [3.05, 3.63) is 90.5 Å². The molecule has 3 nitrogen and oxygen atoms in total. The highest BCUT2D eigenvalue weighted by Gasteiger charge is 2.34. The van der Waals surface area contributed by atoms with E-state index in [1.165, 1.54) is 34.0 Å². The van der Waals surface area contributed by atoms with Crippen molar-refractivity contribution in [3.8, 4) is 16.9 Å². The molecule has 0 heterocycles. The van der Waals surface area contributed by atoms with Crippen molar-refractivity contribution in [2.45, 2.75) is 43.8 Å². The monoisotopic (exact) mass is 460 g/mol. The van der Waals surface area contributed by atoms with Crippen molar-refractivity contribution >= 4 is 23.3 Å². The van der Waals surface area contributed by atoms with E-state index in [0.717, 1.165) is 10.6 Å². The zero-order valence-electron chi connectivity index (χ0n) is 19.8. The van der Waals surface area contributed by atoms with Crippen molar-refractivity contribution in [1.29, 1.82) is 0 Å². The predicted octanol–water partition coefficient (Wildman–Crippen LogP) is 7.66. The molecule has 3 aromatic rings. The summed E-state index contributed by atoms with van der Waals surface area (Å²) in [5, 5.41) is 0. The number of carbonyl (C=O) groups is 1. The Morgan fingerprint density at radius 1 is 0.909 bits per heavy atom. The van der Waals surface area contributed by atoms with E-state index >= 15 is 0 Å². The fourth-order valence-corrected chi connectivity index (χ4v) is 4.42. The van der Waals surface area contributed by atoms with Crippen molar-refractivity contribution < 1.29 is 14.3 Å². The molecular formula is C29H32O3S. The Morgan fingerprint density at radius 3 is 2.15 bits per heavy atom. The van der Waals surface area contributed by atoms with Crippen LogP contribution in [0.25, 0.3) is 16.7 Å². The Kier molecular flexibility index (Phi) is 8.79. The van der Waals surface area contributed by atoms with Crippen molar-refractivity contribution in [2.75, 3.05) is 13.2 Å². The molecule has 0 aliphatic carbocycles. The first-order valence-electron chi connectivity index (χ1n) is 11.4. The van der Waals surface area contributed by atoms with E-state index in [-0.39, 0.29) is 5.97 Å². The van der Waals surface area contributed by atoms with Gasteiger partial charge < -0.3 is 9.47 Å². The highest BCUT2D eigenvalue weighted by molar-refractivity contribution is 8.01. The number of rotatable bonds is 10. The predicted molar refractivity (Wildman–Crippen MR) is 139 cm³/mol. The zero-order chi connectivity index (χ0) is 23.7. The third-order valence-corrected chi connectivity index (χ3v) is 7.05. The molecule has 0 aliphatic rings. The average molecular weight is 461 g/mol. The Balaban J connectivity index is 1.56. The van der Waals surface area contributed by atoms with E-state index < -0.39 is 4.75 Å². The molecule has 0 unspecified atom stereocenters. The lowest BCUT2D eigenvalue weighted by molar-refractivity contribution is -0.145. The normalized spacial score (nSPS) is 13.3. The molecule has 1 atom stereocenters. The largest absolute Gasteiger partial charge is 0.490 e. The fraction of sp³-hybridized carbons (Fsp3) is 0.276. The summed E-state index contributed by atoms with van der Waals surface area (Å²) in [4.78, 5) is 13.3. The fourth-order valence-electron chi connectivity index (χ4n) is 3.34. The van der Waals surface area contributed by atoms with Gasteiger partial charge in [0, 0.05) is 4.90 Å².